The summed E-state index contributed by atoms with van der Waals surface area (Å²) in [5.74, 6) is -3.37. The summed E-state index contributed by atoms with van der Waals surface area (Å²) in [5.41, 5.74) is 5.27. The molecular weight excluding hydrogens is 647 g/mol. The molecule has 0 aromatic heterocycles. The molecule has 1 N–H and O–H groups in total. The smallest absolute Gasteiger partial charge is 0.248 e. The molecule has 1 aliphatic heterocycles. The zero-order valence-electron chi connectivity index (χ0n) is 23.2. The largest absolute Gasteiger partial charge is 0.324 e. The summed E-state index contributed by atoms with van der Waals surface area (Å²) in [4.78, 5) is 42.0. The average Bonchev–Trinajstić information content (AvgIpc) is 3.30. The highest BCUT2D eigenvalue weighted by Gasteiger charge is 2.73. The van der Waals surface area contributed by atoms with Crippen LogP contribution in [0.4, 0.5) is 5.69 Å². The lowest BCUT2D eigenvalue weighted by Gasteiger charge is -2.54. The molecule has 8 rings (SSSR count). The molecule has 1 fully saturated rings. The molecule has 3 aliphatic carbocycles. The Kier molecular flexibility index (Phi) is 6.80. The summed E-state index contributed by atoms with van der Waals surface area (Å²) in [6, 6.07) is 28.9. The van der Waals surface area contributed by atoms with Gasteiger partial charge in [0.1, 0.15) is 15.8 Å². The number of hydrogen-bond acceptors (Lipinski definition) is 3. The molecule has 0 spiro atoms. The Hall–Kier alpha value is -3.45. The molecule has 2 bridgehead atoms. The fourth-order valence-corrected chi connectivity index (χ4v) is 8.83. The molecule has 4 aromatic rings. The van der Waals surface area contributed by atoms with Crippen molar-refractivity contribution in [3.63, 3.8) is 0 Å². The Balaban J connectivity index is 1.36. The van der Waals surface area contributed by atoms with E-state index in [2.05, 4.69) is 21.2 Å². The molecule has 4 aromatic carbocycles. The fraction of sp³-hybridized carbons (Fsp3) is 0.229. The molecule has 43 heavy (non-hydrogen) atoms. The maximum atomic E-state index is 14.6. The van der Waals surface area contributed by atoms with Gasteiger partial charge in [0.25, 0.3) is 0 Å². The first-order valence-electron chi connectivity index (χ1n) is 14.3. The van der Waals surface area contributed by atoms with Crippen LogP contribution in [0.3, 0.4) is 0 Å². The predicted molar refractivity (Wildman–Crippen MR) is 171 cm³/mol. The summed E-state index contributed by atoms with van der Waals surface area (Å²) in [6.07, 6.45) is 0.830. The van der Waals surface area contributed by atoms with E-state index in [9.17, 15) is 14.4 Å². The van der Waals surface area contributed by atoms with Gasteiger partial charge in [-0.25, -0.2) is 0 Å². The number of rotatable bonds is 6. The van der Waals surface area contributed by atoms with Crippen LogP contribution in [-0.4, -0.2) is 28.7 Å². The lowest BCUT2D eigenvalue weighted by atomic mass is 9.54. The Labute approximate surface area is 268 Å². The number of hydrogen-bond donors (Lipinski definition) is 1. The summed E-state index contributed by atoms with van der Waals surface area (Å²) >= 11 is 18.7. The molecular formula is C35H27BrCl2N2O3. The third-order valence-electron chi connectivity index (χ3n) is 9.21. The Morgan fingerprint density at radius 2 is 1.30 bits per heavy atom. The highest BCUT2D eigenvalue weighted by Crippen LogP contribution is 2.69. The number of nitrogens with one attached hydrogen (secondary N) is 1. The van der Waals surface area contributed by atoms with Gasteiger partial charge in [0.05, 0.1) is 11.8 Å². The number of carbonyl (C=O) groups excluding carboxylic acids is 3. The van der Waals surface area contributed by atoms with E-state index in [4.69, 9.17) is 23.2 Å². The Morgan fingerprint density at radius 3 is 1.79 bits per heavy atom. The van der Waals surface area contributed by atoms with Gasteiger partial charge in [-0.05, 0) is 58.0 Å². The number of anilines is 1. The van der Waals surface area contributed by atoms with Gasteiger partial charge in [-0.15, -0.1) is 23.2 Å². The first-order chi connectivity index (χ1) is 20.7. The van der Waals surface area contributed by atoms with Crippen LogP contribution in [0.15, 0.2) is 102 Å². The van der Waals surface area contributed by atoms with Gasteiger partial charge in [0.15, 0.2) is 0 Å². The van der Waals surface area contributed by atoms with E-state index in [0.29, 0.717) is 12.1 Å². The second-order valence-corrected chi connectivity index (χ2v) is 13.5. The number of likely N-dealkylation sites (tertiary alicyclic amines) is 1. The Bertz CT molecular complexity index is 1690. The minimum Gasteiger partial charge on any atom is -0.324 e. The maximum absolute atomic E-state index is 14.6. The third kappa shape index (κ3) is 3.99. The number of amides is 3. The Morgan fingerprint density at radius 1 is 0.814 bits per heavy atom. The van der Waals surface area contributed by atoms with Crippen molar-refractivity contribution in [1.82, 2.24) is 4.90 Å². The van der Waals surface area contributed by atoms with Crippen LogP contribution in [0.5, 0.6) is 0 Å². The van der Waals surface area contributed by atoms with Gasteiger partial charge in [-0.2, -0.15) is 0 Å². The van der Waals surface area contributed by atoms with Crippen molar-refractivity contribution < 1.29 is 14.4 Å². The van der Waals surface area contributed by atoms with E-state index in [0.717, 1.165) is 42.8 Å². The zero-order chi connectivity index (χ0) is 30.1. The van der Waals surface area contributed by atoms with Gasteiger partial charge in [0, 0.05) is 16.6 Å². The van der Waals surface area contributed by atoms with Crippen molar-refractivity contribution in [2.75, 3.05) is 5.32 Å². The SMILES string of the molecule is CCc1cc(Br)ccc1NC(=O)[C@H](Cc1ccccc1)N1C(=O)[C@@H]2[C@@H](C1=O)C1(Cl)c3ccccc3C2(Cl)c2ccccc21. The molecule has 0 radical (unpaired) electrons. The van der Waals surface area contributed by atoms with Crippen molar-refractivity contribution >= 4 is 62.5 Å². The van der Waals surface area contributed by atoms with E-state index in [-0.39, 0.29) is 6.42 Å². The van der Waals surface area contributed by atoms with E-state index < -0.39 is 45.3 Å². The number of carbonyl (C=O) groups is 3. The topological polar surface area (TPSA) is 66.5 Å². The highest BCUT2D eigenvalue weighted by molar-refractivity contribution is 9.10. The van der Waals surface area contributed by atoms with Crippen molar-refractivity contribution in [3.8, 4) is 0 Å². The van der Waals surface area contributed by atoms with Gasteiger partial charge >= 0.3 is 0 Å². The second-order valence-electron chi connectivity index (χ2n) is 11.4. The van der Waals surface area contributed by atoms with Crippen LogP contribution < -0.4 is 5.32 Å². The number of alkyl halides is 2. The lowest BCUT2D eigenvalue weighted by molar-refractivity contribution is -0.146. The summed E-state index contributed by atoms with van der Waals surface area (Å²) in [5, 5.41) is 3.03. The van der Waals surface area contributed by atoms with Crippen LogP contribution >= 0.6 is 39.1 Å². The number of benzene rings is 4. The van der Waals surface area contributed by atoms with Crippen LogP contribution in [0.2, 0.25) is 0 Å². The van der Waals surface area contributed by atoms with Crippen molar-refractivity contribution in [3.05, 3.63) is 135 Å². The molecule has 0 saturated carbocycles. The maximum Gasteiger partial charge on any atom is 0.248 e. The number of aryl methyl sites for hydroxylation is 1. The molecule has 8 heteroatoms. The number of nitrogens with zero attached hydrogens (tertiary/aromatic N) is 1. The number of halogens is 3. The molecule has 5 nitrogen and oxygen atoms in total. The van der Waals surface area contributed by atoms with Crippen molar-refractivity contribution in [2.24, 2.45) is 11.8 Å². The molecule has 1 saturated heterocycles. The second kappa shape index (κ2) is 10.3. The van der Waals surface area contributed by atoms with E-state index in [1.807, 2.05) is 104 Å². The van der Waals surface area contributed by atoms with Crippen molar-refractivity contribution in [2.45, 2.75) is 35.6 Å². The fourth-order valence-electron chi connectivity index (χ4n) is 7.33. The van der Waals surface area contributed by atoms with Gasteiger partial charge < -0.3 is 5.32 Å². The van der Waals surface area contributed by atoms with E-state index in [1.165, 1.54) is 0 Å². The van der Waals surface area contributed by atoms with E-state index in [1.54, 1.807) is 0 Å². The average molecular weight is 674 g/mol. The predicted octanol–water partition coefficient (Wildman–Crippen LogP) is 7.15. The summed E-state index contributed by atoms with van der Waals surface area (Å²) < 4.78 is 0.895. The minimum atomic E-state index is -1.31. The molecule has 0 unspecified atom stereocenters. The van der Waals surface area contributed by atoms with Crippen LogP contribution in [0, 0.1) is 11.8 Å². The van der Waals surface area contributed by atoms with Gasteiger partial charge in [-0.3, -0.25) is 19.3 Å². The monoisotopic (exact) mass is 672 g/mol. The minimum absolute atomic E-state index is 0.145. The first-order valence-corrected chi connectivity index (χ1v) is 15.8. The van der Waals surface area contributed by atoms with Crippen LogP contribution in [0.1, 0.15) is 40.3 Å². The summed E-state index contributed by atoms with van der Waals surface area (Å²) in [7, 11) is 0. The summed E-state index contributed by atoms with van der Waals surface area (Å²) in [6.45, 7) is 2.00. The molecule has 3 atom stereocenters. The quantitative estimate of drug-likeness (QED) is 0.175. The lowest BCUT2D eigenvalue weighted by Crippen LogP contribution is -2.57. The van der Waals surface area contributed by atoms with Crippen LogP contribution in [0.25, 0.3) is 0 Å². The molecule has 4 aliphatic rings. The third-order valence-corrected chi connectivity index (χ3v) is 11.0. The normalized spacial score (nSPS) is 25.6. The first kappa shape index (κ1) is 28.3. The van der Waals surface area contributed by atoms with E-state index >= 15 is 0 Å². The standard InChI is InChI=1S/C35H27BrCl2N2O3/c1-2-21-19-22(36)16-17-27(21)39-31(41)28(18-20-10-4-3-5-11-20)40-32(42)29-30(33(40)43)35(38)24-13-7-6-12-23(24)34(29,37)25-14-8-9-15-26(25)35/h3-17,19,28-30H,2,18H2,1H3,(H,39,41)/t28-,29-,30-,34?,35?/m0/s1. The van der Waals surface area contributed by atoms with Crippen LogP contribution in [-0.2, 0) is 37.0 Å². The van der Waals surface area contributed by atoms with Gasteiger partial charge in [-0.1, -0.05) is 102 Å². The van der Waals surface area contributed by atoms with Crippen molar-refractivity contribution in [1.29, 1.82) is 0 Å². The number of imide groups is 1. The zero-order valence-corrected chi connectivity index (χ0v) is 26.3. The molecule has 1 heterocycles. The molecule has 3 amide bonds. The highest BCUT2D eigenvalue weighted by atomic mass is 79.9. The molecule has 216 valence electrons. The van der Waals surface area contributed by atoms with Gasteiger partial charge in [0.2, 0.25) is 17.7 Å².